The number of nitrogens with one attached hydrogen (secondary N) is 2. The van der Waals surface area contributed by atoms with E-state index in [4.69, 9.17) is 16.3 Å². The Bertz CT molecular complexity index is 664. The zero-order chi connectivity index (χ0) is 16.9. The summed E-state index contributed by atoms with van der Waals surface area (Å²) >= 11 is 6.01. The second-order valence-corrected chi connectivity index (χ2v) is 8.14. The van der Waals surface area contributed by atoms with Crippen LogP contribution in [0.25, 0.3) is 0 Å². The number of sulfone groups is 1. The van der Waals surface area contributed by atoms with Gasteiger partial charge in [0.2, 0.25) is 0 Å². The summed E-state index contributed by atoms with van der Waals surface area (Å²) in [4.78, 5) is 4.13. The molecule has 0 aliphatic carbocycles. The van der Waals surface area contributed by atoms with Gasteiger partial charge < -0.3 is 15.4 Å². The average molecular weight is 360 g/mol. The molecule has 0 aromatic heterocycles. The van der Waals surface area contributed by atoms with Crippen LogP contribution in [0.15, 0.2) is 29.3 Å². The Hall–Kier alpha value is -1.31. The maximum atomic E-state index is 11.5. The van der Waals surface area contributed by atoms with Crippen LogP contribution < -0.4 is 10.6 Å². The Balaban J connectivity index is 1.91. The molecule has 2 N–H and O–H groups in total. The first-order valence-corrected chi connectivity index (χ1v) is 9.59. The van der Waals surface area contributed by atoms with Crippen molar-refractivity contribution in [2.45, 2.75) is 18.6 Å². The minimum Gasteiger partial charge on any atom is -0.375 e. The molecule has 23 heavy (non-hydrogen) atoms. The lowest BCUT2D eigenvalue weighted by Gasteiger charge is -2.20. The van der Waals surface area contributed by atoms with Crippen molar-refractivity contribution in [1.29, 1.82) is 0 Å². The SMILES string of the molecule is CN=C(NCC(OC)c1cccc(Cl)c1)NC1CCS(=O)(=O)C1. The Morgan fingerprint density at radius 3 is 2.87 bits per heavy atom. The molecule has 128 valence electrons. The van der Waals surface area contributed by atoms with Crippen LogP contribution in [-0.2, 0) is 14.6 Å². The number of ether oxygens (including phenoxy) is 1. The van der Waals surface area contributed by atoms with E-state index in [1.807, 2.05) is 24.3 Å². The molecule has 1 aliphatic heterocycles. The van der Waals surface area contributed by atoms with Crippen LogP contribution in [0.1, 0.15) is 18.1 Å². The van der Waals surface area contributed by atoms with E-state index in [1.165, 1.54) is 0 Å². The normalized spacial score (nSPS) is 21.9. The summed E-state index contributed by atoms with van der Waals surface area (Å²) in [6, 6.07) is 7.39. The standard InChI is InChI=1S/C15H22ClN3O3S/c1-17-15(19-13-6-7-23(20,21)10-13)18-9-14(22-2)11-4-3-5-12(16)8-11/h3-5,8,13-14H,6-7,9-10H2,1-2H3,(H2,17,18,19). The fourth-order valence-electron chi connectivity index (χ4n) is 2.53. The molecule has 2 rings (SSSR count). The minimum absolute atomic E-state index is 0.0987. The van der Waals surface area contributed by atoms with Crippen LogP contribution in [0.4, 0.5) is 0 Å². The molecule has 8 heteroatoms. The van der Waals surface area contributed by atoms with Gasteiger partial charge in [0.05, 0.1) is 17.6 Å². The molecule has 1 fully saturated rings. The van der Waals surface area contributed by atoms with Gasteiger partial charge in [-0.25, -0.2) is 8.42 Å². The Morgan fingerprint density at radius 1 is 1.52 bits per heavy atom. The Morgan fingerprint density at radius 2 is 2.30 bits per heavy atom. The molecule has 0 radical (unpaired) electrons. The average Bonchev–Trinajstić information content (AvgIpc) is 2.85. The molecule has 0 amide bonds. The summed E-state index contributed by atoms with van der Waals surface area (Å²) in [6.45, 7) is 0.496. The smallest absolute Gasteiger partial charge is 0.191 e. The molecular weight excluding hydrogens is 338 g/mol. The second kappa shape index (κ2) is 7.99. The van der Waals surface area contributed by atoms with Gasteiger partial charge in [-0.2, -0.15) is 0 Å². The molecule has 1 aromatic carbocycles. The van der Waals surface area contributed by atoms with Gasteiger partial charge in [0.25, 0.3) is 0 Å². The molecule has 1 heterocycles. The zero-order valence-corrected chi connectivity index (χ0v) is 14.8. The van der Waals surface area contributed by atoms with E-state index >= 15 is 0 Å². The Kier molecular flexibility index (Phi) is 6.26. The summed E-state index contributed by atoms with van der Waals surface area (Å²) < 4.78 is 28.5. The molecule has 6 nitrogen and oxygen atoms in total. The highest BCUT2D eigenvalue weighted by Crippen LogP contribution is 2.19. The van der Waals surface area contributed by atoms with Crippen molar-refractivity contribution in [3.05, 3.63) is 34.9 Å². The van der Waals surface area contributed by atoms with Crippen LogP contribution >= 0.6 is 11.6 Å². The highest BCUT2D eigenvalue weighted by molar-refractivity contribution is 7.91. The highest BCUT2D eigenvalue weighted by atomic mass is 35.5. The van der Waals surface area contributed by atoms with Crippen LogP contribution in [-0.4, -0.2) is 52.6 Å². The maximum Gasteiger partial charge on any atom is 0.191 e. The van der Waals surface area contributed by atoms with Crippen molar-refractivity contribution >= 4 is 27.4 Å². The third kappa shape index (κ3) is 5.37. The third-order valence-corrected chi connectivity index (χ3v) is 5.76. The number of guanidine groups is 1. The number of hydrogen-bond acceptors (Lipinski definition) is 4. The van der Waals surface area contributed by atoms with Gasteiger partial charge in [-0.1, -0.05) is 23.7 Å². The van der Waals surface area contributed by atoms with Gasteiger partial charge in [-0.3, -0.25) is 4.99 Å². The lowest BCUT2D eigenvalue weighted by molar-refractivity contribution is 0.106. The summed E-state index contributed by atoms with van der Waals surface area (Å²) in [5.74, 6) is 0.941. The maximum absolute atomic E-state index is 11.5. The quantitative estimate of drug-likeness (QED) is 0.613. The number of rotatable bonds is 5. The molecule has 0 bridgehead atoms. The number of hydrogen-bond donors (Lipinski definition) is 2. The molecule has 0 saturated carbocycles. The van der Waals surface area contributed by atoms with Crippen molar-refractivity contribution in [1.82, 2.24) is 10.6 Å². The minimum atomic E-state index is -2.92. The van der Waals surface area contributed by atoms with Crippen LogP contribution in [0, 0.1) is 0 Å². The predicted octanol–water partition coefficient (Wildman–Crippen LogP) is 1.38. The number of methoxy groups -OCH3 is 1. The Labute approximate surface area is 142 Å². The van der Waals surface area contributed by atoms with Gasteiger partial charge >= 0.3 is 0 Å². The van der Waals surface area contributed by atoms with Crippen molar-refractivity contribution in [3.63, 3.8) is 0 Å². The fourth-order valence-corrected chi connectivity index (χ4v) is 4.40. The molecule has 1 aromatic rings. The molecule has 2 atom stereocenters. The first kappa shape index (κ1) is 18.0. The largest absolute Gasteiger partial charge is 0.375 e. The number of halogens is 1. The van der Waals surface area contributed by atoms with E-state index in [2.05, 4.69) is 15.6 Å². The van der Waals surface area contributed by atoms with Gasteiger partial charge in [-0.05, 0) is 24.1 Å². The van der Waals surface area contributed by atoms with E-state index in [0.717, 1.165) is 5.56 Å². The van der Waals surface area contributed by atoms with Gasteiger partial charge in [-0.15, -0.1) is 0 Å². The van der Waals surface area contributed by atoms with E-state index in [1.54, 1.807) is 14.2 Å². The van der Waals surface area contributed by atoms with Crippen molar-refractivity contribution in [3.8, 4) is 0 Å². The summed E-state index contributed by atoms with van der Waals surface area (Å²) in [7, 11) is 0.367. The van der Waals surface area contributed by atoms with E-state index in [9.17, 15) is 8.42 Å². The van der Waals surface area contributed by atoms with E-state index < -0.39 is 9.84 Å². The van der Waals surface area contributed by atoms with Crippen LogP contribution in [0.2, 0.25) is 5.02 Å². The summed E-state index contributed by atoms with van der Waals surface area (Å²) in [5, 5.41) is 6.97. The van der Waals surface area contributed by atoms with Gasteiger partial charge in [0.1, 0.15) is 0 Å². The van der Waals surface area contributed by atoms with Crippen molar-refractivity contribution in [2.24, 2.45) is 4.99 Å². The lowest BCUT2D eigenvalue weighted by Crippen LogP contribution is -2.45. The number of benzene rings is 1. The van der Waals surface area contributed by atoms with Gasteiger partial charge in [0, 0.05) is 31.8 Å². The van der Waals surface area contributed by atoms with E-state index in [0.29, 0.717) is 23.9 Å². The molecule has 1 saturated heterocycles. The predicted molar refractivity (Wildman–Crippen MR) is 92.8 cm³/mol. The number of nitrogens with zero attached hydrogens (tertiary/aromatic N) is 1. The molecular formula is C15H22ClN3O3S. The molecule has 2 unspecified atom stereocenters. The second-order valence-electron chi connectivity index (χ2n) is 5.48. The first-order valence-electron chi connectivity index (χ1n) is 7.39. The molecule has 1 aliphatic rings. The highest BCUT2D eigenvalue weighted by Gasteiger charge is 2.28. The van der Waals surface area contributed by atoms with Crippen LogP contribution in [0.5, 0.6) is 0 Å². The van der Waals surface area contributed by atoms with Gasteiger partial charge in [0.15, 0.2) is 15.8 Å². The topological polar surface area (TPSA) is 79.8 Å². The monoisotopic (exact) mass is 359 g/mol. The third-order valence-electron chi connectivity index (χ3n) is 3.76. The number of aliphatic imine (C=N–C) groups is 1. The fraction of sp³-hybridized carbons (Fsp3) is 0.533. The van der Waals surface area contributed by atoms with E-state index in [-0.39, 0.29) is 23.7 Å². The summed E-state index contributed by atoms with van der Waals surface area (Å²) in [6.07, 6.45) is 0.421. The summed E-state index contributed by atoms with van der Waals surface area (Å²) in [5.41, 5.74) is 0.964. The van der Waals surface area contributed by atoms with Crippen LogP contribution in [0.3, 0.4) is 0 Å². The van der Waals surface area contributed by atoms with Crippen molar-refractivity contribution < 1.29 is 13.2 Å². The lowest BCUT2D eigenvalue weighted by atomic mass is 10.1. The van der Waals surface area contributed by atoms with Crippen molar-refractivity contribution in [2.75, 3.05) is 32.2 Å². The zero-order valence-electron chi connectivity index (χ0n) is 13.3. The first-order chi connectivity index (χ1) is 10.9. The molecule has 0 spiro atoms.